The first kappa shape index (κ1) is 16.0. The molecule has 0 aliphatic carbocycles. The van der Waals surface area contributed by atoms with E-state index in [-0.39, 0.29) is 5.41 Å². The minimum absolute atomic E-state index is 0.0357. The third kappa shape index (κ3) is 3.96. The van der Waals surface area contributed by atoms with Gasteiger partial charge in [-0.3, -0.25) is 4.68 Å². The summed E-state index contributed by atoms with van der Waals surface area (Å²) in [6.07, 6.45) is 2.88. The van der Waals surface area contributed by atoms with E-state index < -0.39 is 0 Å². The van der Waals surface area contributed by atoms with Gasteiger partial charge in [0.05, 0.1) is 19.0 Å². The number of nitrogens with zero attached hydrogens (tertiary/aromatic N) is 2. The van der Waals surface area contributed by atoms with Crippen molar-refractivity contribution in [3.63, 3.8) is 0 Å². The number of hydrogen-bond acceptors (Lipinski definition) is 3. The smallest absolute Gasteiger partial charge is 0.160 e. The molecule has 1 aromatic heterocycles. The van der Waals surface area contributed by atoms with E-state index in [1.165, 1.54) is 5.69 Å². The van der Waals surface area contributed by atoms with Gasteiger partial charge in [-0.05, 0) is 26.8 Å². The maximum Gasteiger partial charge on any atom is 0.160 e. The zero-order valence-corrected chi connectivity index (χ0v) is 13.4. The molecule has 0 fully saturated rings. The summed E-state index contributed by atoms with van der Waals surface area (Å²) in [4.78, 5) is 0. The standard InChI is InChI=1S/C15H29N3O/c1-11(2)16-9-8-15(5,6)14-13(19-7)10-17-18(14)12(3)4/h10-12,16H,8-9H2,1-7H3. The Labute approximate surface area is 117 Å². The molecule has 0 saturated carbocycles. The molecule has 19 heavy (non-hydrogen) atoms. The summed E-state index contributed by atoms with van der Waals surface area (Å²) in [5, 5.41) is 7.95. The van der Waals surface area contributed by atoms with Gasteiger partial charge in [-0.1, -0.05) is 27.7 Å². The third-order valence-electron chi connectivity index (χ3n) is 3.41. The van der Waals surface area contributed by atoms with Gasteiger partial charge in [0.25, 0.3) is 0 Å². The lowest BCUT2D eigenvalue weighted by molar-refractivity contribution is 0.352. The summed E-state index contributed by atoms with van der Waals surface area (Å²) in [6, 6.07) is 0.865. The molecule has 0 atom stereocenters. The van der Waals surface area contributed by atoms with Crippen LogP contribution in [0, 0.1) is 0 Å². The van der Waals surface area contributed by atoms with Gasteiger partial charge in [0.15, 0.2) is 5.75 Å². The van der Waals surface area contributed by atoms with Crippen molar-refractivity contribution in [1.82, 2.24) is 15.1 Å². The number of rotatable bonds is 7. The molecule has 110 valence electrons. The lowest BCUT2D eigenvalue weighted by Crippen LogP contribution is -2.31. The molecule has 1 N–H and O–H groups in total. The molecular weight excluding hydrogens is 238 g/mol. The first-order valence-electron chi connectivity index (χ1n) is 7.15. The SMILES string of the molecule is COc1cnn(C(C)C)c1C(C)(C)CCNC(C)C. The average molecular weight is 267 g/mol. The quantitative estimate of drug-likeness (QED) is 0.825. The van der Waals surface area contributed by atoms with E-state index in [1.54, 1.807) is 7.11 Å². The highest BCUT2D eigenvalue weighted by atomic mass is 16.5. The molecule has 0 unspecified atom stereocenters. The molecule has 4 nitrogen and oxygen atoms in total. The molecular formula is C15H29N3O. The highest BCUT2D eigenvalue weighted by molar-refractivity contribution is 5.32. The Balaban J connectivity index is 2.94. The summed E-state index contributed by atoms with van der Waals surface area (Å²) >= 11 is 0. The highest BCUT2D eigenvalue weighted by Crippen LogP contribution is 2.35. The van der Waals surface area contributed by atoms with Crippen LogP contribution in [0.25, 0.3) is 0 Å². The van der Waals surface area contributed by atoms with Crippen LogP contribution < -0.4 is 10.1 Å². The molecule has 1 aromatic rings. The van der Waals surface area contributed by atoms with Gasteiger partial charge in [0, 0.05) is 17.5 Å². The van der Waals surface area contributed by atoms with Crippen LogP contribution in [0.5, 0.6) is 5.75 Å². The van der Waals surface area contributed by atoms with E-state index in [2.05, 4.69) is 56.6 Å². The summed E-state index contributed by atoms with van der Waals surface area (Å²) in [5.74, 6) is 0.892. The van der Waals surface area contributed by atoms with Crippen molar-refractivity contribution in [3.8, 4) is 5.75 Å². The molecule has 0 amide bonds. The van der Waals surface area contributed by atoms with Gasteiger partial charge in [-0.2, -0.15) is 5.10 Å². The van der Waals surface area contributed by atoms with E-state index >= 15 is 0 Å². The topological polar surface area (TPSA) is 39.1 Å². The molecule has 1 rings (SSSR count). The number of ether oxygens (including phenoxy) is 1. The summed E-state index contributed by atoms with van der Waals surface area (Å²) in [7, 11) is 1.72. The van der Waals surface area contributed by atoms with Crippen LogP contribution >= 0.6 is 0 Å². The van der Waals surface area contributed by atoms with Gasteiger partial charge >= 0.3 is 0 Å². The highest BCUT2D eigenvalue weighted by Gasteiger charge is 2.29. The molecule has 1 heterocycles. The Morgan fingerprint density at radius 2 is 1.95 bits per heavy atom. The number of methoxy groups -OCH3 is 1. The van der Waals surface area contributed by atoms with E-state index in [0.29, 0.717) is 12.1 Å². The summed E-state index contributed by atoms with van der Waals surface area (Å²) < 4.78 is 7.56. The van der Waals surface area contributed by atoms with Crippen molar-refractivity contribution >= 4 is 0 Å². The zero-order valence-electron chi connectivity index (χ0n) is 13.4. The van der Waals surface area contributed by atoms with Crippen molar-refractivity contribution in [1.29, 1.82) is 0 Å². The van der Waals surface area contributed by atoms with Crippen molar-refractivity contribution in [2.75, 3.05) is 13.7 Å². The van der Waals surface area contributed by atoms with Crippen LogP contribution in [0.2, 0.25) is 0 Å². The zero-order chi connectivity index (χ0) is 14.6. The van der Waals surface area contributed by atoms with Crippen LogP contribution in [-0.2, 0) is 5.41 Å². The third-order valence-corrected chi connectivity index (χ3v) is 3.41. The fraction of sp³-hybridized carbons (Fsp3) is 0.800. The maximum absolute atomic E-state index is 5.49. The van der Waals surface area contributed by atoms with Crippen LogP contribution in [-0.4, -0.2) is 29.5 Å². The number of aromatic nitrogens is 2. The van der Waals surface area contributed by atoms with Crippen molar-refractivity contribution in [2.24, 2.45) is 0 Å². The molecule has 0 spiro atoms. The lowest BCUT2D eigenvalue weighted by atomic mass is 9.84. The Kier molecular flexibility index (Phi) is 5.41. The molecule has 0 aliphatic rings. The van der Waals surface area contributed by atoms with Gasteiger partial charge in [0.2, 0.25) is 0 Å². The Bertz CT molecular complexity index is 394. The largest absolute Gasteiger partial charge is 0.493 e. The van der Waals surface area contributed by atoms with Gasteiger partial charge in [-0.25, -0.2) is 0 Å². The minimum atomic E-state index is 0.0357. The normalized spacial score (nSPS) is 12.5. The molecule has 4 heteroatoms. The van der Waals surface area contributed by atoms with E-state index in [4.69, 9.17) is 4.74 Å². The predicted molar refractivity (Wildman–Crippen MR) is 79.9 cm³/mol. The molecule has 0 aliphatic heterocycles. The predicted octanol–water partition coefficient (Wildman–Crippen LogP) is 3.14. The van der Waals surface area contributed by atoms with E-state index in [9.17, 15) is 0 Å². The van der Waals surface area contributed by atoms with Crippen molar-refractivity contribution < 1.29 is 4.74 Å². The summed E-state index contributed by atoms with van der Waals surface area (Å²) in [5.41, 5.74) is 1.23. The van der Waals surface area contributed by atoms with E-state index in [1.807, 2.05) is 6.20 Å². The van der Waals surface area contributed by atoms with Crippen molar-refractivity contribution in [2.45, 2.75) is 65.5 Å². The fourth-order valence-electron chi connectivity index (χ4n) is 2.32. The first-order chi connectivity index (χ1) is 8.79. The van der Waals surface area contributed by atoms with Crippen molar-refractivity contribution in [3.05, 3.63) is 11.9 Å². The molecule has 0 saturated heterocycles. The van der Waals surface area contributed by atoms with Crippen LogP contribution in [0.4, 0.5) is 0 Å². The second-order valence-corrected chi connectivity index (χ2v) is 6.34. The van der Waals surface area contributed by atoms with Gasteiger partial charge in [-0.15, -0.1) is 0 Å². The van der Waals surface area contributed by atoms with Crippen LogP contribution in [0.15, 0.2) is 6.20 Å². The van der Waals surface area contributed by atoms with E-state index in [0.717, 1.165) is 18.7 Å². The van der Waals surface area contributed by atoms with Gasteiger partial charge < -0.3 is 10.1 Å². The number of nitrogens with one attached hydrogen (secondary N) is 1. The molecule has 0 aromatic carbocycles. The lowest BCUT2D eigenvalue weighted by Gasteiger charge is -2.28. The van der Waals surface area contributed by atoms with Crippen LogP contribution in [0.3, 0.4) is 0 Å². The molecule has 0 bridgehead atoms. The monoisotopic (exact) mass is 267 g/mol. The Morgan fingerprint density at radius 3 is 2.42 bits per heavy atom. The number of hydrogen-bond donors (Lipinski definition) is 1. The average Bonchev–Trinajstić information content (AvgIpc) is 2.72. The molecule has 0 radical (unpaired) electrons. The van der Waals surface area contributed by atoms with Crippen LogP contribution in [0.1, 0.15) is 59.7 Å². The Morgan fingerprint density at radius 1 is 1.32 bits per heavy atom. The minimum Gasteiger partial charge on any atom is -0.493 e. The summed E-state index contributed by atoms with van der Waals surface area (Å²) in [6.45, 7) is 14.2. The van der Waals surface area contributed by atoms with Gasteiger partial charge in [0.1, 0.15) is 0 Å². The second kappa shape index (κ2) is 6.42. The maximum atomic E-state index is 5.49. The second-order valence-electron chi connectivity index (χ2n) is 6.34. The Hall–Kier alpha value is -1.03. The fourth-order valence-corrected chi connectivity index (χ4v) is 2.32. The first-order valence-corrected chi connectivity index (χ1v) is 7.15.